The molecule has 1 nitrogen and oxygen atoms in total. The number of benzene rings is 1. The van der Waals surface area contributed by atoms with Gasteiger partial charge in [-0.2, -0.15) is 0 Å². The lowest BCUT2D eigenvalue weighted by molar-refractivity contribution is 0.369. The van der Waals surface area contributed by atoms with Crippen molar-refractivity contribution < 1.29 is 4.74 Å². The molecule has 1 aromatic rings. The summed E-state index contributed by atoms with van der Waals surface area (Å²) in [5.41, 5.74) is 2.62. The summed E-state index contributed by atoms with van der Waals surface area (Å²) in [6.07, 6.45) is 9.79. The average molecular weight is 184 g/mol. The normalized spacial score (nSPS) is 13.2. The number of allylic oxidation sites excluding steroid dienone is 1. The van der Waals surface area contributed by atoms with E-state index in [2.05, 4.69) is 18.1 Å². The van der Waals surface area contributed by atoms with Crippen molar-refractivity contribution in [3.63, 3.8) is 0 Å². The predicted octanol–water partition coefficient (Wildman–Crippen LogP) is 2.88. The second-order valence-corrected chi connectivity index (χ2v) is 3.33. The van der Waals surface area contributed by atoms with Crippen molar-refractivity contribution in [3.05, 3.63) is 35.4 Å². The van der Waals surface area contributed by atoms with Gasteiger partial charge in [0.05, 0.1) is 0 Å². The summed E-state index contributed by atoms with van der Waals surface area (Å²) in [7, 11) is 0. The van der Waals surface area contributed by atoms with Crippen LogP contribution in [-0.2, 0) is 0 Å². The Balaban J connectivity index is 2.20. The van der Waals surface area contributed by atoms with Crippen molar-refractivity contribution >= 4 is 6.08 Å². The Kier molecular flexibility index (Phi) is 2.55. The topological polar surface area (TPSA) is 9.23 Å². The first-order chi connectivity index (χ1) is 6.90. The van der Waals surface area contributed by atoms with E-state index in [1.54, 1.807) is 0 Å². The fourth-order valence-electron chi connectivity index (χ4n) is 1.29. The molecule has 1 saturated carbocycles. The first-order valence-corrected chi connectivity index (χ1v) is 4.75. The van der Waals surface area contributed by atoms with Gasteiger partial charge in [0, 0.05) is 5.56 Å². The Hall–Kier alpha value is -1.68. The monoisotopic (exact) mass is 184 g/mol. The lowest BCUT2D eigenvalue weighted by Gasteiger charge is -2.05. The third-order valence-corrected chi connectivity index (χ3v) is 2.13. The molecule has 0 spiro atoms. The van der Waals surface area contributed by atoms with Gasteiger partial charge in [-0.05, 0) is 18.9 Å². The summed E-state index contributed by atoms with van der Waals surface area (Å²) in [5, 5.41) is 0. The van der Waals surface area contributed by atoms with E-state index < -0.39 is 0 Å². The highest BCUT2D eigenvalue weighted by Crippen LogP contribution is 2.32. The standard InChI is InChI=1S/C13H12O/c1-2-9-14-13-6-4-3-5-12(13)10-11-7-8-11/h1,3-6,10H,7-9H2. The molecule has 0 bridgehead atoms. The Labute approximate surface area is 84.4 Å². The van der Waals surface area contributed by atoms with Crippen LogP contribution >= 0.6 is 0 Å². The molecule has 1 aliphatic rings. The molecule has 2 rings (SSSR count). The van der Waals surface area contributed by atoms with E-state index in [0.717, 1.165) is 11.3 Å². The van der Waals surface area contributed by atoms with Gasteiger partial charge in [0.25, 0.3) is 0 Å². The van der Waals surface area contributed by atoms with Crippen LogP contribution in [0.1, 0.15) is 18.4 Å². The first-order valence-electron chi connectivity index (χ1n) is 4.75. The Morgan fingerprint density at radius 2 is 2.14 bits per heavy atom. The van der Waals surface area contributed by atoms with Crippen molar-refractivity contribution in [1.82, 2.24) is 0 Å². The third kappa shape index (κ3) is 2.17. The number of ether oxygens (including phenoxy) is 1. The van der Waals surface area contributed by atoms with Crippen LogP contribution in [0.3, 0.4) is 0 Å². The first kappa shape index (κ1) is 8.90. The lowest BCUT2D eigenvalue weighted by Crippen LogP contribution is -1.94. The van der Waals surface area contributed by atoms with E-state index >= 15 is 0 Å². The number of hydrogen-bond donors (Lipinski definition) is 0. The van der Waals surface area contributed by atoms with Gasteiger partial charge in [0.15, 0.2) is 0 Å². The minimum Gasteiger partial charge on any atom is -0.480 e. The average Bonchev–Trinajstić information content (AvgIpc) is 3.01. The zero-order chi connectivity index (χ0) is 9.80. The molecule has 1 heteroatoms. The summed E-state index contributed by atoms with van der Waals surface area (Å²) < 4.78 is 5.43. The SMILES string of the molecule is C#CCOc1ccccc1C=C1CC1. The smallest absolute Gasteiger partial charge is 0.148 e. The number of rotatable bonds is 3. The van der Waals surface area contributed by atoms with Crippen LogP contribution in [0.5, 0.6) is 5.75 Å². The van der Waals surface area contributed by atoms with Gasteiger partial charge in [-0.3, -0.25) is 0 Å². The van der Waals surface area contributed by atoms with Crippen LogP contribution in [0.15, 0.2) is 29.8 Å². The molecule has 0 aliphatic heterocycles. The fourth-order valence-corrected chi connectivity index (χ4v) is 1.29. The van der Waals surface area contributed by atoms with E-state index in [9.17, 15) is 0 Å². The molecule has 70 valence electrons. The summed E-state index contributed by atoms with van der Waals surface area (Å²) in [4.78, 5) is 0. The molecule has 14 heavy (non-hydrogen) atoms. The number of hydrogen-bond acceptors (Lipinski definition) is 1. The molecule has 1 aliphatic carbocycles. The lowest BCUT2D eigenvalue weighted by atomic mass is 10.2. The molecule has 0 amide bonds. The quantitative estimate of drug-likeness (QED) is 0.656. The van der Waals surface area contributed by atoms with Crippen molar-refractivity contribution in [2.75, 3.05) is 6.61 Å². The molecule has 0 atom stereocenters. The van der Waals surface area contributed by atoms with Gasteiger partial charge in [-0.1, -0.05) is 35.8 Å². The van der Waals surface area contributed by atoms with E-state index in [1.165, 1.54) is 18.4 Å². The van der Waals surface area contributed by atoms with Crippen LogP contribution in [0.2, 0.25) is 0 Å². The molecular formula is C13H12O. The predicted molar refractivity (Wildman–Crippen MR) is 58.0 cm³/mol. The highest BCUT2D eigenvalue weighted by atomic mass is 16.5. The molecular weight excluding hydrogens is 172 g/mol. The summed E-state index contributed by atoms with van der Waals surface area (Å²) in [6, 6.07) is 7.97. The second-order valence-electron chi connectivity index (χ2n) is 3.33. The van der Waals surface area contributed by atoms with Crippen LogP contribution < -0.4 is 4.74 Å². The zero-order valence-corrected chi connectivity index (χ0v) is 7.99. The Morgan fingerprint density at radius 1 is 1.36 bits per heavy atom. The van der Waals surface area contributed by atoms with Gasteiger partial charge >= 0.3 is 0 Å². The molecule has 0 saturated heterocycles. The fraction of sp³-hybridized carbons (Fsp3) is 0.231. The van der Waals surface area contributed by atoms with Crippen molar-refractivity contribution in [1.29, 1.82) is 0 Å². The molecule has 0 heterocycles. The molecule has 1 fully saturated rings. The van der Waals surface area contributed by atoms with E-state index in [0.29, 0.717) is 6.61 Å². The highest BCUT2D eigenvalue weighted by Gasteiger charge is 2.11. The number of terminal acetylenes is 1. The van der Waals surface area contributed by atoms with Gasteiger partial charge in [-0.25, -0.2) is 0 Å². The molecule has 0 N–H and O–H groups in total. The minimum atomic E-state index is 0.334. The molecule has 0 unspecified atom stereocenters. The molecule has 0 radical (unpaired) electrons. The van der Waals surface area contributed by atoms with Gasteiger partial charge in [0.2, 0.25) is 0 Å². The minimum absolute atomic E-state index is 0.334. The molecule has 1 aromatic carbocycles. The van der Waals surface area contributed by atoms with E-state index in [1.807, 2.05) is 18.2 Å². The van der Waals surface area contributed by atoms with Crippen LogP contribution in [-0.4, -0.2) is 6.61 Å². The van der Waals surface area contributed by atoms with E-state index in [4.69, 9.17) is 11.2 Å². The van der Waals surface area contributed by atoms with Gasteiger partial charge in [-0.15, -0.1) is 6.42 Å². The maximum atomic E-state index is 5.43. The van der Waals surface area contributed by atoms with Crippen molar-refractivity contribution in [3.8, 4) is 18.1 Å². The van der Waals surface area contributed by atoms with Gasteiger partial charge in [0.1, 0.15) is 12.4 Å². The van der Waals surface area contributed by atoms with Crippen molar-refractivity contribution in [2.45, 2.75) is 12.8 Å². The van der Waals surface area contributed by atoms with Crippen molar-refractivity contribution in [2.24, 2.45) is 0 Å². The zero-order valence-electron chi connectivity index (χ0n) is 7.99. The summed E-state index contributed by atoms with van der Waals surface area (Å²) in [6.45, 7) is 0.334. The van der Waals surface area contributed by atoms with Crippen LogP contribution in [0, 0.1) is 12.3 Å². The maximum Gasteiger partial charge on any atom is 0.148 e. The summed E-state index contributed by atoms with van der Waals surface area (Å²) in [5.74, 6) is 3.35. The Morgan fingerprint density at radius 3 is 2.86 bits per heavy atom. The maximum absolute atomic E-state index is 5.43. The third-order valence-electron chi connectivity index (χ3n) is 2.13. The van der Waals surface area contributed by atoms with Crippen LogP contribution in [0.25, 0.3) is 6.08 Å². The number of para-hydroxylation sites is 1. The highest BCUT2D eigenvalue weighted by molar-refractivity contribution is 5.62. The summed E-state index contributed by atoms with van der Waals surface area (Å²) >= 11 is 0. The second kappa shape index (κ2) is 4.02. The Bertz CT molecular complexity index is 390. The largest absolute Gasteiger partial charge is 0.480 e. The van der Waals surface area contributed by atoms with Gasteiger partial charge < -0.3 is 4.74 Å². The van der Waals surface area contributed by atoms with E-state index in [-0.39, 0.29) is 0 Å². The van der Waals surface area contributed by atoms with Crippen LogP contribution in [0.4, 0.5) is 0 Å². The molecule has 0 aromatic heterocycles.